The number of nitrogens with zero attached hydrogens (tertiary/aromatic N) is 4. The number of carbonyl (C=O) groups is 2. The molecule has 0 radical (unpaired) electrons. The average Bonchev–Trinajstić information content (AvgIpc) is 2.72. The van der Waals surface area contributed by atoms with Crippen LogP contribution in [0.4, 0.5) is 0 Å². The van der Waals surface area contributed by atoms with Gasteiger partial charge in [-0.25, -0.2) is 0 Å². The summed E-state index contributed by atoms with van der Waals surface area (Å²) in [5.41, 5.74) is 0.00373. The second-order valence-corrected chi connectivity index (χ2v) is 7.86. The number of carbonyl (C=O) groups excluding carboxylic acids is 2. The third-order valence-electron chi connectivity index (χ3n) is 3.09. The van der Waals surface area contributed by atoms with Crippen molar-refractivity contribution >= 4 is 86.4 Å². The molecule has 0 heterocycles. The van der Waals surface area contributed by atoms with E-state index in [4.69, 9.17) is 21.0 Å². The van der Waals surface area contributed by atoms with Crippen LogP contribution in [-0.4, -0.2) is 11.6 Å². The Morgan fingerprint density at radius 3 is 0.964 bits per heavy atom. The first-order chi connectivity index (χ1) is 13.2. The summed E-state index contributed by atoms with van der Waals surface area (Å²) in [6.45, 7) is 0. The number of benzene rings is 1. The van der Waals surface area contributed by atoms with E-state index in [1.165, 1.54) is 24.3 Å². The van der Waals surface area contributed by atoms with Crippen LogP contribution in [0.5, 0.6) is 0 Å². The van der Waals surface area contributed by atoms with Crippen LogP contribution in [0.3, 0.4) is 0 Å². The Morgan fingerprint density at radius 2 is 0.786 bits per heavy atom. The predicted octanol–water partition coefficient (Wildman–Crippen LogP) is 3.22. The second kappa shape index (κ2) is 10.9. The maximum Gasteiger partial charge on any atom is 0.209 e. The molecule has 10 heteroatoms. The molecule has 1 aromatic rings. The summed E-state index contributed by atoms with van der Waals surface area (Å²) in [4.78, 5) is 22.5. The Balaban J connectivity index is 0.000000292. The van der Waals surface area contributed by atoms with Crippen LogP contribution in [0, 0.1) is 45.3 Å². The molecular formula is C18H4Br4N4O2. The van der Waals surface area contributed by atoms with Crippen molar-refractivity contribution in [2.24, 2.45) is 0 Å². The lowest BCUT2D eigenvalue weighted by atomic mass is 10.1. The van der Waals surface area contributed by atoms with Crippen LogP contribution in [-0.2, 0) is 9.59 Å². The van der Waals surface area contributed by atoms with Crippen molar-refractivity contribution in [2.45, 2.75) is 0 Å². The smallest absolute Gasteiger partial charge is 0.209 e. The van der Waals surface area contributed by atoms with Crippen molar-refractivity contribution in [3.8, 4) is 24.3 Å². The first-order valence-corrected chi connectivity index (χ1v) is 10.1. The quantitative estimate of drug-likeness (QED) is 0.406. The van der Waals surface area contributed by atoms with Gasteiger partial charge in [-0.3, -0.25) is 9.59 Å². The molecule has 28 heavy (non-hydrogen) atoms. The van der Waals surface area contributed by atoms with Crippen LogP contribution in [0.1, 0.15) is 0 Å². The number of hydrogen-bond acceptors (Lipinski definition) is 6. The molecule has 0 saturated heterocycles. The molecule has 1 aliphatic rings. The number of halogens is 4. The third kappa shape index (κ3) is 5.35. The van der Waals surface area contributed by atoms with Crippen molar-refractivity contribution in [1.82, 2.24) is 0 Å². The SMILES string of the molecule is N#CC(C#N)=c1ccc(=C(C#N)C#N)cc1.O=C1C(Br)=C(Br)C(=O)C(Br)=C1Br. The van der Waals surface area contributed by atoms with Crippen LogP contribution in [0.15, 0.2) is 42.2 Å². The molecule has 2 rings (SSSR count). The van der Waals surface area contributed by atoms with Crippen molar-refractivity contribution in [3.63, 3.8) is 0 Å². The van der Waals surface area contributed by atoms with E-state index in [2.05, 4.69) is 63.7 Å². The van der Waals surface area contributed by atoms with Gasteiger partial charge < -0.3 is 0 Å². The summed E-state index contributed by atoms with van der Waals surface area (Å²) in [7, 11) is 0. The van der Waals surface area contributed by atoms with Gasteiger partial charge >= 0.3 is 0 Å². The van der Waals surface area contributed by atoms with Crippen LogP contribution in [0.2, 0.25) is 0 Å². The molecule has 136 valence electrons. The third-order valence-corrected chi connectivity index (χ3v) is 7.18. The van der Waals surface area contributed by atoms with Crippen molar-refractivity contribution in [3.05, 3.63) is 52.6 Å². The van der Waals surface area contributed by atoms with E-state index in [1.807, 2.05) is 0 Å². The zero-order chi connectivity index (χ0) is 21.4. The minimum Gasteiger partial charge on any atom is -0.287 e. The molecule has 1 aromatic carbocycles. The number of allylic oxidation sites excluding steroid dienone is 4. The largest absolute Gasteiger partial charge is 0.287 e. The lowest BCUT2D eigenvalue weighted by molar-refractivity contribution is -0.114. The summed E-state index contributed by atoms with van der Waals surface area (Å²) in [5.74, 6) is -0.512. The maximum absolute atomic E-state index is 11.3. The van der Waals surface area contributed by atoms with E-state index < -0.39 is 0 Å². The molecule has 0 unspecified atom stereocenters. The highest BCUT2D eigenvalue weighted by Gasteiger charge is 2.29. The van der Waals surface area contributed by atoms with Crippen molar-refractivity contribution in [2.75, 3.05) is 0 Å². The minimum atomic E-state index is -0.256. The lowest BCUT2D eigenvalue weighted by Crippen LogP contribution is -2.13. The lowest BCUT2D eigenvalue weighted by Gasteiger charge is -2.09. The van der Waals surface area contributed by atoms with E-state index in [1.54, 1.807) is 24.3 Å². The van der Waals surface area contributed by atoms with E-state index in [0.29, 0.717) is 10.4 Å². The maximum atomic E-state index is 11.3. The highest BCUT2D eigenvalue weighted by Crippen LogP contribution is 2.36. The normalized spacial score (nSPS) is 12.7. The Hall–Kier alpha value is -2.34. The monoisotopic (exact) mass is 624 g/mol. The highest BCUT2D eigenvalue weighted by atomic mass is 79.9. The Labute approximate surface area is 192 Å². The number of nitriles is 4. The van der Waals surface area contributed by atoms with Crippen LogP contribution < -0.4 is 10.4 Å². The van der Waals surface area contributed by atoms with Gasteiger partial charge in [0.15, 0.2) is 0 Å². The molecule has 0 saturated carbocycles. The first-order valence-electron chi connectivity index (χ1n) is 6.88. The van der Waals surface area contributed by atoms with Gasteiger partial charge in [0, 0.05) is 10.4 Å². The number of ketones is 2. The van der Waals surface area contributed by atoms with Gasteiger partial charge in [0.05, 0.1) is 17.9 Å². The number of hydrogen-bond donors (Lipinski definition) is 0. The van der Waals surface area contributed by atoms with Crippen molar-refractivity contribution < 1.29 is 9.59 Å². The van der Waals surface area contributed by atoms with E-state index in [9.17, 15) is 9.59 Å². The molecule has 0 fully saturated rings. The average molecular weight is 628 g/mol. The molecule has 0 spiro atoms. The molecule has 0 aliphatic heterocycles. The standard InChI is InChI=1S/C12H4N4.C6Br4O2/c13-5-11(6-14)9-1-2-10(4-3-9)12(7-15)8-16;7-1-2(8)6(12)4(10)3(9)5(1)11/h1-4H;. The topological polar surface area (TPSA) is 129 Å². The molecule has 6 nitrogen and oxygen atoms in total. The first kappa shape index (κ1) is 23.7. The van der Waals surface area contributed by atoms with Gasteiger partial charge in [0.25, 0.3) is 0 Å². The highest BCUT2D eigenvalue weighted by molar-refractivity contribution is 9.16. The second-order valence-electron chi connectivity index (χ2n) is 4.69. The van der Waals surface area contributed by atoms with E-state index in [0.717, 1.165) is 0 Å². The molecule has 0 amide bonds. The molecular weight excluding hydrogens is 624 g/mol. The summed E-state index contributed by atoms with van der Waals surface area (Å²) in [5, 5.41) is 35.5. The van der Waals surface area contributed by atoms with Gasteiger partial charge in [0.2, 0.25) is 11.6 Å². The summed E-state index contributed by atoms with van der Waals surface area (Å²) < 4.78 is 0.954. The fourth-order valence-electron chi connectivity index (χ4n) is 1.70. The van der Waals surface area contributed by atoms with Crippen LogP contribution >= 0.6 is 63.7 Å². The fraction of sp³-hybridized carbons (Fsp3) is 0. The molecule has 0 N–H and O–H groups in total. The summed E-state index contributed by atoms with van der Waals surface area (Å²) in [6.07, 6.45) is 0. The Morgan fingerprint density at radius 1 is 0.571 bits per heavy atom. The van der Waals surface area contributed by atoms with Gasteiger partial charge in [-0.1, -0.05) is 24.3 Å². The van der Waals surface area contributed by atoms with E-state index >= 15 is 0 Å². The zero-order valence-corrected chi connectivity index (χ0v) is 19.8. The van der Waals surface area contributed by atoms with Crippen LogP contribution in [0.25, 0.3) is 11.1 Å². The predicted molar refractivity (Wildman–Crippen MR) is 115 cm³/mol. The summed E-state index contributed by atoms with van der Waals surface area (Å²) in [6, 6.07) is 13.2. The molecule has 0 aromatic heterocycles. The molecule has 1 aliphatic carbocycles. The Kier molecular flexibility index (Phi) is 9.19. The van der Waals surface area contributed by atoms with Gasteiger partial charge in [-0.05, 0) is 63.7 Å². The molecule has 0 atom stereocenters. The van der Waals surface area contributed by atoms with Gasteiger partial charge in [0.1, 0.15) is 35.4 Å². The van der Waals surface area contributed by atoms with Gasteiger partial charge in [-0.2, -0.15) is 21.0 Å². The molecule has 0 bridgehead atoms. The minimum absolute atomic E-state index is 0.00187. The number of Topliss-reactive ketones (excluding diaryl/α,β-unsaturated/α-hetero) is 2. The van der Waals surface area contributed by atoms with Crippen molar-refractivity contribution in [1.29, 1.82) is 21.0 Å². The zero-order valence-electron chi connectivity index (χ0n) is 13.4. The van der Waals surface area contributed by atoms with Gasteiger partial charge in [-0.15, -0.1) is 0 Å². The van der Waals surface area contributed by atoms with E-state index in [-0.39, 0.29) is 40.6 Å². The Bertz CT molecular complexity index is 1050. The summed E-state index contributed by atoms with van der Waals surface area (Å²) >= 11 is 12.0. The fourth-order valence-corrected chi connectivity index (χ4v) is 3.75. The number of rotatable bonds is 0.